The van der Waals surface area contributed by atoms with Crippen molar-refractivity contribution in [2.24, 2.45) is 13.0 Å². The molecule has 0 aliphatic carbocycles. The lowest BCUT2D eigenvalue weighted by Gasteiger charge is -2.39. The van der Waals surface area contributed by atoms with Crippen molar-refractivity contribution >= 4 is 52.3 Å². The lowest BCUT2D eigenvalue weighted by Crippen LogP contribution is -2.64. The SMILES string of the molecule is C[C@@H]1C[C@H]2C(=O)O[C@@H](C)[C@H](NC(=O)[C@H](Cc3cc(F)cc(F)c3)NC(=O)Cc3ccc4ccn(C)c4c3)C(=O)N3CCC[C@H]3C(=O)N3CCOC[C@H]3C(=O)N[C@@H](C)C(=O)N2C1. The zero-order chi connectivity index (χ0) is 43.7. The van der Waals surface area contributed by atoms with Gasteiger partial charge in [-0.25, -0.2) is 13.6 Å². The van der Waals surface area contributed by atoms with Gasteiger partial charge in [0.25, 0.3) is 0 Å². The summed E-state index contributed by atoms with van der Waals surface area (Å²) in [6.45, 7) is 5.05. The summed E-state index contributed by atoms with van der Waals surface area (Å²) in [5.74, 6) is -6.80. The number of aromatic nitrogens is 1. The summed E-state index contributed by atoms with van der Waals surface area (Å²) < 4.78 is 42.2. The lowest BCUT2D eigenvalue weighted by atomic mass is 10.0. The summed E-state index contributed by atoms with van der Waals surface area (Å²) in [5, 5.41) is 8.99. The highest BCUT2D eigenvalue weighted by Gasteiger charge is 2.47. The van der Waals surface area contributed by atoms with Crippen molar-refractivity contribution in [1.82, 2.24) is 35.2 Å². The van der Waals surface area contributed by atoms with Crippen LogP contribution < -0.4 is 16.0 Å². The first-order chi connectivity index (χ1) is 29.1. The molecule has 4 saturated heterocycles. The van der Waals surface area contributed by atoms with Crippen LogP contribution in [0.5, 0.6) is 0 Å². The monoisotopic (exact) mass is 847 g/mol. The minimum absolute atomic E-state index is 0.0376. The van der Waals surface area contributed by atoms with Crippen LogP contribution in [0.3, 0.4) is 0 Å². The van der Waals surface area contributed by atoms with E-state index in [1.807, 2.05) is 42.9 Å². The summed E-state index contributed by atoms with van der Waals surface area (Å²) >= 11 is 0. The Hall–Kier alpha value is -5.91. The molecule has 0 unspecified atom stereocenters. The molecule has 2 aromatic carbocycles. The molecule has 6 amide bonds. The van der Waals surface area contributed by atoms with Gasteiger partial charge in [-0.15, -0.1) is 0 Å². The number of cyclic esters (lactones) is 1. The van der Waals surface area contributed by atoms with Crippen molar-refractivity contribution in [3.8, 4) is 0 Å². The molecular formula is C43H51F2N7O9. The van der Waals surface area contributed by atoms with Gasteiger partial charge in [-0.2, -0.15) is 0 Å². The third-order valence-corrected chi connectivity index (χ3v) is 12.0. The van der Waals surface area contributed by atoms with Crippen molar-refractivity contribution in [2.75, 3.05) is 32.8 Å². The third-order valence-electron chi connectivity index (χ3n) is 12.0. The average molecular weight is 848 g/mol. The zero-order valence-electron chi connectivity index (χ0n) is 34.5. The van der Waals surface area contributed by atoms with E-state index >= 15 is 0 Å². The van der Waals surface area contributed by atoms with Gasteiger partial charge in [0.2, 0.25) is 35.4 Å². The predicted molar refractivity (Wildman–Crippen MR) is 214 cm³/mol. The number of benzene rings is 2. The van der Waals surface area contributed by atoms with Crippen LogP contribution in [0.4, 0.5) is 8.78 Å². The van der Waals surface area contributed by atoms with E-state index in [9.17, 15) is 42.3 Å². The van der Waals surface area contributed by atoms with E-state index in [0.717, 1.165) is 23.0 Å². The molecule has 1 aromatic heterocycles. The van der Waals surface area contributed by atoms with Gasteiger partial charge in [0, 0.05) is 50.9 Å². The Morgan fingerprint density at radius 2 is 1.61 bits per heavy atom. The summed E-state index contributed by atoms with van der Waals surface area (Å²) in [6, 6.07) is 2.66. The first kappa shape index (κ1) is 43.2. The van der Waals surface area contributed by atoms with Crippen LogP contribution in [-0.2, 0) is 62.9 Å². The van der Waals surface area contributed by atoms with E-state index in [0.29, 0.717) is 18.1 Å². The van der Waals surface area contributed by atoms with Gasteiger partial charge in [0.15, 0.2) is 0 Å². The maximum Gasteiger partial charge on any atom is 0.329 e. The number of amides is 6. The topological polar surface area (TPSA) is 189 Å². The minimum atomic E-state index is -1.63. The molecule has 326 valence electrons. The van der Waals surface area contributed by atoms with Crippen LogP contribution in [0.25, 0.3) is 10.9 Å². The van der Waals surface area contributed by atoms with Gasteiger partial charge in [-0.1, -0.05) is 19.1 Å². The molecular weight excluding hydrogens is 797 g/mol. The maximum absolute atomic E-state index is 14.8. The summed E-state index contributed by atoms with van der Waals surface area (Å²) in [7, 11) is 1.86. The molecule has 5 heterocycles. The van der Waals surface area contributed by atoms with Gasteiger partial charge >= 0.3 is 5.97 Å². The highest BCUT2D eigenvalue weighted by atomic mass is 19.1. The van der Waals surface area contributed by atoms with Crippen molar-refractivity contribution in [2.45, 2.75) is 95.2 Å². The maximum atomic E-state index is 14.8. The predicted octanol–water partition coefficient (Wildman–Crippen LogP) is 1.12. The number of fused-ring (bicyclic) bond motifs is 4. The second-order valence-corrected chi connectivity index (χ2v) is 16.6. The average Bonchev–Trinajstić information content (AvgIpc) is 3.96. The minimum Gasteiger partial charge on any atom is -0.458 e. The number of hydrogen-bond donors (Lipinski definition) is 3. The molecule has 18 heteroatoms. The van der Waals surface area contributed by atoms with Crippen molar-refractivity contribution < 1.29 is 51.8 Å². The number of rotatable bonds is 7. The third kappa shape index (κ3) is 9.38. The molecule has 8 atom stereocenters. The number of morpholine rings is 1. The number of nitrogens with zero attached hydrogens (tertiary/aromatic N) is 4. The van der Waals surface area contributed by atoms with E-state index in [-0.39, 0.29) is 63.6 Å². The number of ether oxygens (including phenoxy) is 2. The van der Waals surface area contributed by atoms with Crippen LogP contribution in [0, 0.1) is 17.6 Å². The number of aryl methyl sites for hydroxylation is 1. The Morgan fingerprint density at radius 3 is 2.36 bits per heavy atom. The van der Waals surface area contributed by atoms with Gasteiger partial charge in [-0.3, -0.25) is 28.8 Å². The molecule has 0 radical (unpaired) electrons. The summed E-state index contributed by atoms with van der Waals surface area (Å²) in [5.41, 5.74) is 1.54. The fourth-order valence-corrected chi connectivity index (χ4v) is 8.86. The highest BCUT2D eigenvalue weighted by Crippen LogP contribution is 2.28. The molecule has 3 aromatic rings. The molecule has 4 aliphatic rings. The van der Waals surface area contributed by atoms with Crippen LogP contribution in [0.15, 0.2) is 48.7 Å². The van der Waals surface area contributed by atoms with E-state index < -0.39 is 102 Å². The first-order valence-electron chi connectivity index (χ1n) is 20.7. The molecule has 0 saturated carbocycles. The molecule has 4 aliphatic heterocycles. The second-order valence-electron chi connectivity index (χ2n) is 16.6. The van der Waals surface area contributed by atoms with E-state index in [4.69, 9.17) is 9.47 Å². The van der Waals surface area contributed by atoms with Gasteiger partial charge in [-0.05, 0) is 79.8 Å². The first-order valence-corrected chi connectivity index (χ1v) is 20.7. The molecule has 0 spiro atoms. The number of halogens is 2. The van der Waals surface area contributed by atoms with E-state index in [1.165, 1.54) is 28.5 Å². The molecule has 7 rings (SSSR count). The van der Waals surface area contributed by atoms with Crippen molar-refractivity contribution in [3.63, 3.8) is 0 Å². The van der Waals surface area contributed by atoms with Crippen LogP contribution in [-0.4, -0.2) is 136 Å². The number of hydrogen-bond acceptors (Lipinski definition) is 9. The highest BCUT2D eigenvalue weighted by molar-refractivity contribution is 5.98. The molecule has 16 nitrogen and oxygen atoms in total. The number of nitrogens with one attached hydrogen (secondary N) is 3. The Bertz CT molecular complexity index is 2210. The molecule has 4 fully saturated rings. The fourth-order valence-electron chi connectivity index (χ4n) is 8.86. The summed E-state index contributed by atoms with van der Waals surface area (Å²) in [6.07, 6.45) is 0.802. The largest absolute Gasteiger partial charge is 0.458 e. The molecule has 61 heavy (non-hydrogen) atoms. The Kier molecular flexibility index (Phi) is 12.7. The number of carbonyl (C=O) groups excluding carboxylic acids is 7. The van der Waals surface area contributed by atoms with Gasteiger partial charge in [0.1, 0.15) is 54.0 Å². The standard InChI is InChI=1S/C43H51F2N7O9/c1-23-14-34-43(59)61-25(3)37(42(58)50-10-5-6-32(50)41(57)51-12-13-60-22-35(51)39(55)46-24(2)40(56)52(34)21-23)48-38(54)31(17-27-15-29(44)20-30(45)16-27)47-36(53)19-26-7-8-28-9-11-49(4)33(28)18-26/h7-9,11,15-16,18,20,23-25,31-32,34-35,37H,5-6,10,12-14,17,19,21-22H2,1-4H3,(H,46,55)(H,47,53)(H,48,54)/t23-,24+,25+,31+,32+,34+,35+,37+/m1/s1. The van der Waals surface area contributed by atoms with Crippen molar-refractivity contribution in [1.29, 1.82) is 0 Å². The summed E-state index contributed by atoms with van der Waals surface area (Å²) in [4.78, 5) is 103. The van der Waals surface area contributed by atoms with Crippen molar-refractivity contribution in [3.05, 3.63) is 71.4 Å². The fraction of sp³-hybridized carbons (Fsp3) is 0.512. The number of esters is 1. The number of carbonyl (C=O) groups is 7. The smallest absolute Gasteiger partial charge is 0.329 e. The van der Waals surface area contributed by atoms with E-state index in [1.54, 1.807) is 6.07 Å². The normalized spacial score (nSPS) is 27.0. The quantitative estimate of drug-likeness (QED) is 0.293. The molecule has 3 N–H and O–H groups in total. The van der Waals surface area contributed by atoms with Crippen LogP contribution in [0.1, 0.15) is 51.2 Å². The van der Waals surface area contributed by atoms with Gasteiger partial charge < -0.3 is 44.7 Å². The Balaban J connectivity index is 1.21. The van der Waals surface area contributed by atoms with Crippen LogP contribution in [0.2, 0.25) is 0 Å². The van der Waals surface area contributed by atoms with E-state index in [2.05, 4.69) is 16.0 Å². The lowest BCUT2D eigenvalue weighted by molar-refractivity contribution is -0.164. The Labute approximate surface area is 351 Å². The van der Waals surface area contributed by atoms with Crippen LogP contribution >= 0.6 is 0 Å². The molecule has 0 bridgehead atoms. The van der Waals surface area contributed by atoms with Gasteiger partial charge in [0.05, 0.1) is 19.6 Å². The Morgan fingerprint density at radius 1 is 0.869 bits per heavy atom. The second kappa shape index (κ2) is 18.0. The zero-order valence-corrected chi connectivity index (χ0v) is 34.5.